The summed E-state index contributed by atoms with van der Waals surface area (Å²) in [5.41, 5.74) is 7.08. The lowest BCUT2D eigenvalue weighted by Crippen LogP contribution is -2.53. The summed E-state index contributed by atoms with van der Waals surface area (Å²) in [4.78, 5) is 36.6. The van der Waals surface area contributed by atoms with Gasteiger partial charge in [-0.05, 0) is 32.9 Å². The first-order valence-electron chi connectivity index (χ1n) is 13.2. The maximum absolute atomic E-state index is 12.6. The number of carbonyl (C=O) groups is 1. The van der Waals surface area contributed by atoms with Crippen molar-refractivity contribution in [3.8, 4) is 17.1 Å². The van der Waals surface area contributed by atoms with E-state index in [-0.39, 0.29) is 30.2 Å². The molecular formula is C25H37N9O3. The van der Waals surface area contributed by atoms with Gasteiger partial charge in [0, 0.05) is 69.6 Å². The third-order valence-electron chi connectivity index (χ3n) is 7.41. The number of ether oxygens (including phenoxy) is 2. The monoisotopic (exact) mass is 511 g/mol. The molecule has 3 aliphatic rings. The minimum absolute atomic E-state index is 0.0229. The number of aromatic nitrogens is 4. The number of morpholine rings is 1. The predicted octanol–water partition coefficient (Wildman–Crippen LogP) is 1.39. The number of nitrogens with one attached hydrogen (secondary N) is 1. The molecule has 2 saturated heterocycles. The van der Waals surface area contributed by atoms with Crippen LogP contribution in [0, 0.1) is 0 Å². The molecule has 12 nitrogen and oxygen atoms in total. The van der Waals surface area contributed by atoms with Gasteiger partial charge in [0.2, 0.25) is 17.8 Å². The highest BCUT2D eigenvalue weighted by Gasteiger charge is 2.36. The van der Waals surface area contributed by atoms with Gasteiger partial charge in [0.15, 0.2) is 0 Å². The van der Waals surface area contributed by atoms with Crippen molar-refractivity contribution < 1.29 is 14.3 Å². The van der Waals surface area contributed by atoms with Crippen molar-refractivity contribution in [2.45, 2.75) is 50.8 Å². The third kappa shape index (κ3) is 6.19. The molecule has 2 aromatic heterocycles. The van der Waals surface area contributed by atoms with Gasteiger partial charge in [0.05, 0.1) is 24.9 Å². The van der Waals surface area contributed by atoms with Gasteiger partial charge in [0.1, 0.15) is 6.10 Å². The largest absolute Gasteiger partial charge is 0.474 e. The average Bonchev–Trinajstić information content (AvgIpc) is 3.39. The number of carbonyl (C=O) groups excluding carboxylic acids is 1. The molecule has 3 fully saturated rings. The number of rotatable bonds is 8. The zero-order valence-electron chi connectivity index (χ0n) is 21.7. The van der Waals surface area contributed by atoms with Crippen molar-refractivity contribution in [3.63, 3.8) is 0 Å². The smallest absolute Gasteiger partial charge is 0.317 e. The van der Waals surface area contributed by atoms with Crippen LogP contribution in [0.1, 0.15) is 32.6 Å². The lowest BCUT2D eigenvalue weighted by atomic mass is 9.88. The first kappa shape index (κ1) is 25.4. The zero-order chi connectivity index (χ0) is 25.8. The van der Waals surface area contributed by atoms with Crippen LogP contribution in [0.2, 0.25) is 0 Å². The number of nitrogens with two attached hydrogens (primary N) is 1. The molecule has 0 bridgehead atoms. The van der Waals surface area contributed by atoms with Crippen LogP contribution >= 0.6 is 0 Å². The molecule has 0 unspecified atom stereocenters. The minimum atomic E-state index is -0.0288. The van der Waals surface area contributed by atoms with Gasteiger partial charge < -0.3 is 35.2 Å². The Labute approximate surface area is 217 Å². The lowest BCUT2D eigenvalue weighted by Gasteiger charge is -2.40. The zero-order valence-corrected chi connectivity index (χ0v) is 21.7. The number of urea groups is 1. The fourth-order valence-electron chi connectivity index (χ4n) is 4.98. The first-order valence-corrected chi connectivity index (χ1v) is 13.2. The molecule has 2 aromatic rings. The van der Waals surface area contributed by atoms with Crippen molar-refractivity contribution in [2.24, 2.45) is 0 Å². The van der Waals surface area contributed by atoms with E-state index in [0.717, 1.165) is 38.0 Å². The first-order chi connectivity index (χ1) is 18.0. The third-order valence-corrected chi connectivity index (χ3v) is 7.41. The summed E-state index contributed by atoms with van der Waals surface area (Å²) in [5.74, 6) is 1.29. The van der Waals surface area contributed by atoms with Crippen molar-refractivity contribution >= 4 is 17.9 Å². The molecule has 3 N–H and O–H groups in total. The number of likely N-dealkylation sites (tertiary alicyclic amines) is 1. The number of amides is 2. The van der Waals surface area contributed by atoms with Gasteiger partial charge in [-0.2, -0.15) is 4.98 Å². The molecule has 4 heterocycles. The minimum Gasteiger partial charge on any atom is -0.474 e. The number of hydrogen-bond acceptors (Lipinski definition) is 10. The maximum atomic E-state index is 12.6. The maximum Gasteiger partial charge on any atom is 0.317 e. The Kier molecular flexibility index (Phi) is 7.85. The van der Waals surface area contributed by atoms with Gasteiger partial charge in [-0.15, -0.1) is 0 Å². The molecule has 200 valence electrons. The highest BCUT2D eigenvalue weighted by atomic mass is 16.5. The van der Waals surface area contributed by atoms with Crippen LogP contribution in [-0.2, 0) is 4.74 Å². The van der Waals surface area contributed by atoms with Crippen LogP contribution in [0.15, 0.2) is 18.5 Å². The Morgan fingerprint density at radius 2 is 1.97 bits per heavy atom. The number of nitrogens with zero attached hydrogens (tertiary/aromatic N) is 7. The molecule has 0 spiro atoms. The molecule has 12 heteroatoms. The fourth-order valence-corrected chi connectivity index (χ4v) is 4.98. The molecular weight excluding hydrogens is 474 g/mol. The summed E-state index contributed by atoms with van der Waals surface area (Å²) >= 11 is 0. The van der Waals surface area contributed by atoms with Crippen LogP contribution in [0.5, 0.6) is 5.88 Å². The Morgan fingerprint density at radius 1 is 1.22 bits per heavy atom. The van der Waals surface area contributed by atoms with Crippen molar-refractivity contribution in [1.29, 1.82) is 0 Å². The van der Waals surface area contributed by atoms with Crippen LogP contribution in [0.4, 0.5) is 16.7 Å². The lowest BCUT2D eigenvalue weighted by molar-refractivity contribution is 0.0404. The second-order valence-corrected chi connectivity index (χ2v) is 10.1. The molecule has 1 aliphatic carbocycles. The van der Waals surface area contributed by atoms with Crippen molar-refractivity contribution in [3.05, 3.63) is 18.5 Å². The van der Waals surface area contributed by atoms with E-state index >= 15 is 0 Å². The highest BCUT2D eigenvalue weighted by molar-refractivity contribution is 5.74. The second kappa shape index (κ2) is 11.4. The van der Waals surface area contributed by atoms with E-state index in [2.05, 4.69) is 32.0 Å². The Bertz CT molecular complexity index is 1060. The summed E-state index contributed by atoms with van der Waals surface area (Å²) in [6.45, 7) is 7.88. The van der Waals surface area contributed by atoms with Gasteiger partial charge in [-0.25, -0.2) is 19.7 Å². The molecule has 0 aromatic carbocycles. The average molecular weight is 512 g/mol. The highest BCUT2D eigenvalue weighted by Crippen LogP contribution is 2.31. The quantitative estimate of drug-likeness (QED) is 0.535. The van der Waals surface area contributed by atoms with E-state index < -0.39 is 0 Å². The van der Waals surface area contributed by atoms with E-state index in [1.165, 1.54) is 12.8 Å². The van der Waals surface area contributed by atoms with Gasteiger partial charge in [-0.1, -0.05) is 0 Å². The van der Waals surface area contributed by atoms with Gasteiger partial charge >= 0.3 is 6.03 Å². The Hall–Kier alpha value is -3.25. The van der Waals surface area contributed by atoms with Crippen LogP contribution in [0.3, 0.4) is 0 Å². The fraction of sp³-hybridized carbons (Fsp3) is 0.640. The standard InChI is InChI=1S/C25H37N9O3/c1-17-16-36-10-9-34(17)24-30-21(18-14-28-23(26)29-15-18)13-22(31-24)37-20-11-19(12-20)32(2)25(35)27-5-8-33-6-3-4-7-33/h13-15,17,19-20H,3-12,16H2,1-2H3,(H,27,35)(H2,26,28,29)/t17-,19-,20-/m0/s1. The molecule has 0 radical (unpaired) electrons. The summed E-state index contributed by atoms with van der Waals surface area (Å²) in [6, 6.07) is 2.07. The van der Waals surface area contributed by atoms with E-state index in [0.29, 0.717) is 43.8 Å². The summed E-state index contributed by atoms with van der Waals surface area (Å²) in [7, 11) is 1.86. The Morgan fingerprint density at radius 3 is 2.70 bits per heavy atom. The van der Waals surface area contributed by atoms with Crippen molar-refractivity contribution in [1.82, 2.24) is 35.1 Å². The molecule has 1 atom stereocenters. The SMILES string of the molecule is C[C@H]1COCCN1c1nc(O[C@H]2C[C@H](N(C)C(=O)NCCN3CCCC3)C2)cc(-c2cnc(N)nc2)n1. The molecule has 2 amide bonds. The van der Waals surface area contributed by atoms with Crippen LogP contribution in [0.25, 0.3) is 11.3 Å². The second-order valence-electron chi connectivity index (χ2n) is 10.1. The Balaban J connectivity index is 1.20. The topological polar surface area (TPSA) is 135 Å². The number of anilines is 2. The number of hydrogen-bond donors (Lipinski definition) is 2. The van der Waals surface area contributed by atoms with E-state index in [1.807, 2.05) is 13.1 Å². The van der Waals surface area contributed by atoms with E-state index in [4.69, 9.17) is 25.2 Å². The molecule has 1 saturated carbocycles. The van der Waals surface area contributed by atoms with E-state index in [9.17, 15) is 4.79 Å². The van der Waals surface area contributed by atoms with Gasteiger partial charge in [0.25, 0.3) is 0 Å². The molecule has 5 rings (SSSR count). The summed E-state index contributed by atoms with van der Waals surface area (Å²) in [5, 5.41) is 3.05. The van der Waals surface area contributed by atoms with Crippen molar-refractivity contribution in [2.75, 3.05) is 63.6 Å². The number of nitrogen functional groups attached to an aromatic ring is 1. The summed E-state index contributed by atoms with van der Waals surface area (Å²) < 4.78 is 11.9. The summed E-state index contributed by atoms with van der Waals surface area (Å²) in [6.07, 6.45) is 7.30. The molecule has 37 heavy (non-hydrogen) atoms. The van der Waals surface area contributed by atoms with Crippen LogP contribution < -0.4 is 20.7 Å². The van der Waals surface area contributed by atoms with E-state index in [1.54, 1.807) is 17.3 Å². The normalized spacial score (nSPS) is 23.9. The van der Waals surface area contributed by atoms with Crippen LogP contribution in [-0.4, -0.2) is 107 Å². The predicted molar refractivity (Wildman–Crippen MR) is 139 cm³/mol. The van der Waals surface area contributed by atoms with Gasteiger partial charge in [-0.3, -0.25) is 0 Å². The molecule has 2 aliphatic heterocycles.